The van der Waals surface area contributed by atoms with Crippen molar-refractivity contribution in [2.24, 2.45) is 0 Å². The molecule has 1 rings (SSSR count). The Bertz CT molecular complexity index is 385. The SMILES string of the molecule is COc1cc(C#CC=O)ccc1CO. The maximum absolute atomic E-state index is 10.0. The molecule has 3 heteroatoms. The molecule has 0 aromatic heterocycles. The molecule has 0 aliphatic rings. The summed E-state index contributed by atoms with van der Waals surface area (Å²) in [6, 6.07) is 5.13. The Kier molecular flexibility index (Phi) is 3.71. The average Bonchev–Trinajstić information content (AvgIpc) is 2.25. The van der Waals surface area contributed by atoms with Gasteiger partial charge in [0.25, 0.3) is 0 Å². The van der Waals surface area contributed by atoms with Crippen molar-refractivity contribution in [1.29, 1.82) is 0 Å². The van der Waals surface area contributed by atoms with Crippen LogP contribution in [-0.2, 0) is 11.4 Å². The van der Waals surface area contributed by atoms with Crippen LogP contribution in [0.3, 0.4) is 0 Å². The van der Waals surface area contributed by atoms with Crippen LogP contribution in [-0.4, -0.2) is 18.5 Å². The summed E-state index contributed by atoms with van der Waals surface area (Å²) in [5.41, 5.74) is 1.38. The molecule has 0 saturated heterocycles. The maximum Gasteiger partial charge on any atom is 0.193 e. The van der Waals surface area contributed by atoms with Crippen LogP contribution >= 0.6 is 0 Å². The van der Waals surface area contributed by atoms with Gasteiger partial charge in [-0.25, -0.2) is 0 Å². The minimum absolute atomic E-state index is 0.0788. The van der Waals surface area contributed by atoms with Crippen LogP contribution in [0.5, 0.6) is 5.75 Å². The molecule has 0 bridgehead atoms. The molecule has 0 aliphatic carbocycles. The van der Waals surface area contributed by atoms with Gasteiger partial charge in [0.15, 0.2) is 6.29 Å². The summed E-state index contributed by atoms with van der Waals surface area (Å²) in [5, 5.41) is 8.94. The molecule has 0 amide bonds. The van der Waals surface area contributed by atoms with Crippen LogP contribution in [0.4, 0.5) is 0 Å². The normalized spacial score (nSPS) is 8.71. The Labute approximate surface area is 82.3 Å². The molecule has 0 heterocycles. The largest absolute Gasteiger partial charge is 0.496 e. The monoisotopic (exact) mass is 190 g/mol. The van der Waals surface area contributed by atoms with E-state index in [1.807, 2.05) is 0 Å². The fourth-order valence-electron chi connectivity index (χ4n) is 1.07. The van der Waals surface area contributed by atoms with E-state index in [4.69, 9.17) is 9.84 Å². The second-order valence-electron chi connectivity index (χ2n) is 2.57. The smallest absolute Gasteiger partial charge is 0.193 e. The fraction of sp³-hybridized carbons (Fsp3) is 0.182. The van der Waals surface area contributed by atoms with E-state index in [-0.39, 0.29) is 6.61 Å². The summed E-state index contributed by atoms with van der Waals surface area (Å²) in [6.07, 6.45) is 0.534. The highest BCUT2D eigenvalue weighted by Gasteiger charge is 2.01. The van der Waals surface area contributed by atoms with Gasteiger partial charge in [0.1, 0.15) is 5.75 Å². The number of carbonyl (C=O) groups excluding carboxylic acids is 1. The molecule has 0 atom stereocenters. The quantitative estimate of drug-likeness (QED) is 0.552. The van der Waals surface area contributed by atoms with Crippen molar-refractivity contribution < 1.29 is 14.6 Å². The molecule has 1 aromatic rings. The third-order valence-electron chi connectivity index (χ3n) is 1.73. The van der Waals surface area contributed by atoms with Crippen molar-refractivity contribution in [3.63, 3.8) is 0 Å². The molecular formula is C11H10O3. The number of methoxy groups -OCH3 is 1. The van der Waals surface area contributed by atoms with Crippen molar-refractivity contribution in [2.75, 3.05) is 7.11 Å². The number of aldehydes is 1. The highest BCUT2D eigenvalue weighted by Crippen LogP contribution is 2.19. The molecule has 72 valence electrons. The first-order valence-corrected chi connectivity index (χ1v) is 4.04. The maximum atomic E-state index is 10.0. The highest BCUT2D eigenvalue weighted by molar-refractivity contribution is 5.74. The summed E-state index contributed by atoms with van der Waals surface area (Å²) in [4.78, 5) is 10.0. The van der Waals surface area contributed by atoms with Crippen LogP contribution in [0.2, 0.25) is 0 Å². The second-order valence-corrected chi connectivity index (χ2v) is 2.57. The predicted molar refractivity (Wildman–Crippen MR) is 51.9 cm³/mol. The van der Waals surface area contributed by atoms with Crippen LogP contribution in [0, 0.1) is 11.8 Å². The number of ether oxygens (including phenoxy) is 1. The number of benzene rings is 1. The van der Waals surface area contributed by atoms with E-state index >= 15 is 0 Å². The fourth-order valence-corrected chi connectivity index (χ4v) is 1.07. The Morgan fingerprint density at radius 2 is 2.36 bits per heavy atom. The van der Waals surface area contributed by atoms with E-state index in [9.17, 15) is 4.79 Å². The van der Waals surface area contributed by atoms with Crippen LogP contribution in [0.1, 0.15) is 11.1 Å². The zero-order valence-corrected chi connectivity index (χ0v) is 7.78. The molecule has 0 aliphatic heterocycles. The Balaban J connectivity index is 3.07. The molecule has 0 radical (unpaired) electrons. The lowest BCUT2D eigenvalue weighted by atomic mass is 10.1. The molecular weight excluding hydrogens is 180 g/mol. The van der Waals surface area contributed by atoms with Crippen LogP contribution in [0.25, 0.3) is 0 Å². The Morgan fingerprint density at radius 1 is 1.57 bits per heavy atom. The van der Waals surface area contributed by atoms with E-state index < -0.39 is 0 Å². The Morgan fingerprint density at radius 3 is 2.93 bits per heavy atom. The molecule has 0 unspecified atom stereocenters. The summed E-state index contributed by atoms with van der Waals surface area (Å²) < 4.78 is 5.04. The molecule has 14 heavy (non-hydrogen) atoms. The number of aliphatic hydroxyl groups is 1. The minimum Gasteiger partial charge on any atom is -0.496 e. The lowest BCUT2D eigenvalue weighted by Crippen LogP contribution is -1.92. The van der Waals surface area contributed by atoms with Crippen LogP contribution < -0.4 is 4.74 Å². The Hall–Kier alpha value is -1.79. The number of carbonyl (C=O) groups is 1. The van der Waals surface area contributed by atoms with E-state index in [0.29, 0.717) is 23.2 Å². The molecule has 0 saturated carbocycles. The topological polar surface area (TPSA) is 46.5 Å². The third-order valence-corrected chi connectivity index (χ3v) is 1.73. The minimum atomic E-state index is -0.0788. The van der Waals surface area contributed by atoms with Gasteiger partial charge in [0.2, 0.25) is 0 Å². The van der Waals surface area contributed by atoms with Gasteiger partial charge in [-0.2, -0.15) is 0 Å². The van der Waals surface area contributed by atoms with Crippen molar-refractivity contribution in [3.8, 4) is 17.6 Å². The number of hydrogen-bond acceptors (Lipinski definition) is 3. The van der Waals surface area contributed by atoms with Gasteiger partial charge in [0, 0.05) is 11.1 Å². The first kappa shape index (κ1) is 10.3. The summed E-state index contributed by atoms with van der Waals surface area (Å²) in [6.45, 7) is -0.0788. The number of rotatable bonds is 2. The number of hydrogen-bond donors (Lipinski definition) is 1. The van der Waals surface area contributed by atoms with Gasteiger partial charge in [-0.05, 0) is 18.1 Å². The van der Waals surface area contributed by atoms with Gasteiger partial charge in [0.05, 0.1) is 13.7 Å². The summed E-state index contributed by atoms with van der Waals surface area (Å²) in [7, 11) is 1.52. The van der Waals surface area contributed by atoms with Crippen molar-refractivity contribution in [2.45, 2.75) is 6.61 Å². The van der Waals surface area contributed by atoms with E-state index in [2.05, 4.69) is 11.8 Å². The highest BCUT2D eigenvalue weighted by atomic mass is 16.5. The summed E-state index contributed by atoms with van der Waals surface area (Å²) >= 11 is 0. The van der Waals surface area contributed by atoms with E-state index in [1.165, 1.54) is 7.11 Å². The molecule has 1 aromatic carbocycles. The molecule has 3 nitrogen and oxygen atoms in total. The standard InChI is InChI=1S/C11H10O3/c1-14-11-7-9(3-2-6-12)4-5-10(11)8-13/h4-7,13H,8H2,1H3. The first-order chi connectivity index (χ1) is 6.81. The third kappa shape index (κ3) is 2.35. The van der Waals surface area contributed by atoms with Crippen molar-refractivity contribution in [3.05, 3.63) is 29.3 Å². The van der Waals surface area contributed by atoms with Gasteiger partial charge in [-0.15, -0.1) is 0 Å². The zero-order valence-electron chi connectivity index (χ0n) is 7.78. The molecule has 0 fully saturated rings. The van der Waals surface area contributed by atoms with Gasteiger partial charge in [-0.1, -0.05) is 12.0 Å². The lowest BCUT2D eigenvalue weighted by molar-refractivity contribution is -0.103. The average molecular weight is 190 g/mol. The van der Waals surface area contributed by atoms with Gasteiger partial charge < -0.3 is 9.84 Å². The zero-order chi connectivity index (χ0) is 10.4. The first-order valence-electron chi connectivity index (χ1n) is 4.04. The van der Waals surface area contributed by atoms with Crippen molar-refractivity contribution in [1.82, 2.24) is 0 Å². The molecule has 1 N–H and O–H groups in total. The van der Waals surface area contributed by atoms with Gasteiger partial charge >= 0.3 is 0 Å². The van der Waals surface area contributed by atoms with Gasteiger partial charge in [-0.3, -0.25) is 4.79 Å². The van der Waals surface area contributed by atoms with Crippen LogP contribution in [0.15, 0.2) is 18.2 Å². The summed E-state index contributed by atoms with van der Waals surface area (Å²) in [5.74, 6) is 5.52. The number of aliphatic hydroxyl groups excluding tert-OH is 1. The second kappa shape index (κ2) is 5.05. The van der Waals surface area contributed by atoms with E-state index in [1.54, 1.807) is 18.2 Å². The molecule has 0 spiro atoms. The lowest BCUT2D eigenvalue weighted by Gasteiger charge is -2.05. The van der Waals surface area contributed by atoms with E-state index in [0.717, 1.165) is 0 Å². The van der Waals surface area contributed by atoms with Crippen molar-refractivity contribution >= 4 is 6.29 Å². The predicted octanol–water partition coefficient (Wildman–Crippen LogP) is 0.738.